The lowest BCUT2D eigenvalue weighted by Crippen LogP contribution is -2.59. The number of ether oxygens (including phenoxy) is 4. The highest BCUT2D eigenvalue weighted by molar-refractivity contribution is 6.90. The summed E-state index contributed by atoms with van der Waals surface area (Å²) in [4.78, 5) is 0. The van der Waals surface area contributed by atoms with Crippen molar-refractivity contribution in [1.82, 2.24) is 0 Å². The number of unbranched alkanes of at least 4 members (excludes halogenated alkanes) is 10. The van der Waals surface area contributed by atoms with Gasteiger partial charge in [-0.3, -0.25) is 0 Å². The zero-order valence-electron chi connectivity index (χ0n) is 37.6. The molecule has 0 heterocycles. The standard InChI is InChI=1S/C40H90O13Si4.H2/c1-9-11-13-15-17-19-25-54(3,4)51-56(7,27-21-23-47-31-37(43)29-41)53-57(8,52-55(5,6)26-20-18-16-14-12-10-2)28-22-24-48-33-39(45)34-50-36-40(46)35-49-32-38(44)30-42;/h37-46H,9-36H2,1-8H3;1H. The first kappa shape index (κ1) is 57.3. The van der Waals surface area contributed by atoms with Crippen molar-refractivity contribution in [1.29, 1.82) is 0 Å². The summed E-state index contributed by atoms with van der Waals surface area (Å²) in [5, 5.41) is 57.6. The van der Waals surface area contributed by atoms with Crippen LogP contribution in [0.5, 0.6) is 0 Å². The maximum absolute atomic E-state index is 10.4. The van der Waals surface area contributed by atoms with Crippen molar-refractivity contribution in [2.45, 2.75) is 192 Å². The van der Waals surface area contributed by atoms with Crippen molar-refractivity contribution in [2.24, 2.45) is 0 Å². The van der Waals surface area contributed by atoms with Crippen LogP contribution >= 0.6 is 0 Å². The third-order valence-corrected chi connectivity index (χ3v) is 26.8. The average molecular weight is 894 g/mol. The minimum Gasteiger partial charge on any atom is -0.436 e. The van der Waals surface area contributed by atoms with E-state index in [0.29, 0.717) is 19.6 Å². The Labute approximate surface area is 353 Å². The lowest BCUT2D eigenvalue weighted by atomic mass is 10.1. The molecule has 0 aromatic heterocycles. The zero-order chi connectivity index (χ0) is 43.1. The molecule has 0 saturated carbocycles. The van der Waals surface area contributed by atoms with Crippen molar-refractivity contribution in [3.05, 3.63) is 0 Å². The molecule has 0 fully saturated rings. The molecule has 6 unspecified atom stereocenters. The number of hydrogen-bond donors (Lipinski definition) is 6. The normalized spacial score (nSPS) is 16.9. The molecule has 0 aliphatic heterocycles. The van der Waals surface area contributed by atoms with E-state index in [0.717, 1.165) is 37.0 Å². The van der Waals surface area contributed by atoms with Crippen LogP contribution in [-0.4, -0.2) is 155 Å². The molecule has 13 nitrogen and oxygen atoms in total. The van der Waals surface area contributed by atoms with E-state index in [9.17, 15) is 25.5 Å². The van der Waals surface area contributed by atoms with Gasteiger partial charge in [-0.25, -0.2) is 0 Å². The predicted octanol–water partition coefficient (Wildman–Crippen LogP) is 6.83. The van der Waals surface area contributed by atoms with E-state index in [-0.39, 0.29) is 47.7 Å². The van der Waals surface area contributed by atoms with Gasteiger partial charge in [0, 0.05) is 14.6 Å². The highest BCUT2D eigenvalue weighted by Crippen LogP contribution is 2.33. The van der Waals surface area contributed by atoms with Gasteiger partial charge in [0.25, 0.3) is 0 Å². The van der Waals surface area contributed by atoms with Crippen molar-refractivity contribution in [3.63, 3.8) is 0 Å². The average Bonchev–Trinajstić information content (AvgIpc) is 3.13. The fourth-order valence-corrected chi connectivity index (χ4v) is 27.3. The minimum absolute atomic E-state index is 0. The maximum atomic E-state index is 10.4. The van der Waals surface area contributed by atoms with Gasteiger partial charge in [0.2, 0.25) is 0 Å². The molecule has 6 N–H and O–H groups in total. The molecule has 0 radical (unpaired) electrons. The molecule has 0 rings (SSSR count). The molecule has 0 aromatic rings. The molecular weight excluding hydrogens is 801 g/mol. The quantitative estimate of drug-likeness (QED) is 0.0277. The van der Waals surface area contributed by atoms with Crippen LogP contribution in [0, 0.1) is 0 Å². The summed E-state index contributed by atoms with van der Waals surface area (Å²) in [6.45, 7) is 18.3. The van der Waals surface area contributed by atoms with Crippen LogP contribution in [0.2, 0.25) is 63.5 Å². The summed E-state index contributed by atoms with van der Waals surface area (Å²) in [5.74, 6) is 0. The van der Waals surface area contributed by atoms with Gasteiger partial charge >= 0.3 is 17.1 Å². The minimum atomic E-state index is -2.81. The Balaban J connectivity index is 0. The fraction of sp³-hybridized carbons (Fsp3) is 1.00. The summed E-state index contributed by atoms with van der Waals surface area (Å²) < 4.78 is 44.1. The van der Waals surface area contributed by atoms with Crippen LogP contribution in [0.1, 0.15) is 105 Å². The van der Waals surface area contributed by atoms with Gasteiger partial charge in [-0.1, -0.05) is 90.9 Å². The Kier molecular flexibility index (Phi) is 34.1. The van der Waals surface area contributed by atoms with Gasteiger partial charge in [-0.2, -0.15) is 0 Å². The fourth-order valence-electron chi connectivity index (χ4n) is 6.95. The second kappa shape index (κ2) is 33.9. The SMILES string of the molecule is CCCCCCCC[Si](C)(C)O[Si](C)(CCCOCC(O)CO)O[Si](C)(CCCOCC(O)COCC(O)COCC(O)CO)O[Si](C)(C)CCCCCCCC.[HH]. The first-order valence-electron chi connectivity index (χ1n) is 22.3. The lowest BCUT2D eigenvalue weighted by Gasteiger charge is -2.44. The van der Waals surface area contributed by atoms with Gasteiger partial charge in [-0.15, -0.1) is 0 Å². The Morgan fingerprint density at radius 2 is 0.702 bits per heavy atom. The van der Waals surface area contributed by atoms with Crippen molar-refractivity contribution in [2.75, 3.05) is 66.1 Å². The van der Waals surface area contributed by atoms with Crippen molar-refractivity contribution < 1.29 is 63.4 Å². The Hall–Kier alpha value is 0.348. The topological polar surface area (TPSA) is 186 Å². The van der Waals surface area contributed by atoms with E-state index in [1.54, 1.807) is 0 Å². The van der Waals surface area contributed by atoms with Crippen molar-refractivity contribution >= 4 is 33.8 Å². The van der Waals surface area contributed by atoms with Gasteiger partial charge in [0.15, 0.2) is 16.6 Å². The highest BCUT2D eigenvalue weighted by Gasteiger charge is 2.47. The lowest BCUT2D eigenvalue weighted by molar-refractivity contribution is -0.0674. The predicted molar refractivity (Wildman–Crippen MR) is 240 cm³/mol. The summed E-state index contributed by atoms with van der Waals surface area (Å²) in [5.41, 5.74) is 0. The van der Waals surface area contributed by atoms with E-state index in [1.165, 1.54) is 70.6 Å². The molecule has 0 spiro atoms. The van der Waals surface area contributed by atoms with E-state index >= 15 is 0 Å². The molecule has 17 heteroatoms. The summed E-state index contributed by atoms with van der Waals surface area (Å²) in [6, 6.07) is 3.64. The Bertz CT molecular complexity index is 936. The number of hydrogen-bond acceptors (Lipinski definition) is 13. The van der Waals surface area contributed by atoms with Gasteiger partial charge < -0.3 is 61.9 Å². The van der Waals surface area contributed by atoms with Crippen LogP contribution in [0.4, 0.5) is 0 Å². The van der Waals surface area contributed by atoms with E-state index in [1.807, 2.05) is 0 Å². The maximum Gasteiger partial charge on any atom is 0.315 e. The third-order valence-electron chi connectivity index (χ3n) is 9.80. The van der Waals surface area contributed by atoms with Crippen LogP contribution in [0.3, 0.4) is 0 Å². The smallest absolute Gasteiger partial charge is 0.315 e. The highest BCUT2D eigenvalue weighted by atomic mass is 28.5. The summed E-state index contributed by atoms with van der Waals surface area (Å²) >= 11 is 0. The molecule has 0 aliphatic carbocycles. The van der Waals surface area contributed by atoms with Crippen LogP contribution in [-0.2, 0) is 31.3 Å². The monoisotopic (exact) mass is 893 g/mol. The molecule has 6 atom stereocenters. The number of rotatable bonds is 42. The van der Waals surface area contributed by atoms with E-state index in [4.69, 9.17) is 36.4 Å². The Morgan fingerprint density at radius 1 is 0.386 bits per heavy atom. The van der Waals surface area contributed by atoms with Gasteiger partial charge in [0.1, 0.15) is 24.4 Å². The molecule has 0 aliphatic rings. The van der Waals surface area contributed by atoms with Gasteiger partial charge in [-0.05, 0) is 76.3 Å². The molecular formula is C40H92O13Si4. The van der Waals surface area contributed by atoms with Gasteiger partial charge in [0.05, 0.1) is 52.9 Å². The third kappa shape index (κ3) is 33.6. The van der Waals surface area contributed by atoms with Crippen LogP contribution in [0.15, 0.2) is 0 Å². The molecule has 346 valence electrons. The number of aliphatic hydroxyl groups excluding tert-OH is 6. The molecule has 0 aromatic carbocycles. The zero-order valence-corrected chi connectivity index (χ0v) is 41.6. The molecule has 0 amide bonds. The Morgan fingerprint density at radius 3 is 1.07 bits per heavy atom. The van der Waals surface area contributed by atoms with E-state index < -0.39 is 64.8 Å². The molecule has 0 saturated heterocycles. The molecule has 0 bridgehead atoms. The second-order valence-corrected chi connectivity index (χ2v) is 33.6. The summed E-state index contributed by atoms with van der Waals surface area (Å²) in [7, 11) is -9.79. The van der Waals surface area contributed by atoms with Crippen LogP contribution in [0.25, 0.3) is 0 Å². The number of aliphatic hydroxyl groups is 6. The first-order chi connectivity index (χ1) is 26.9. The van der Waals surface area contributed by atoms with Crippen molar-refractivity contribution in [3.8, 4) is 0 Å². The molecule has 57 heavy (non-hydrogen) atoms. The van der Waals surface area contributed by atoms with E-state index in [2.05, 4.69) is 53.1 Å². The summed E-state index contributed by atoms with van der Waals surface area (Å²) in [6.07, 6.45) is 12.7. The largest absolute Gasteiger partial charge is 0.436 e. The second-order valence-electron chi connectivity index (χ2n) is 17.5. The van der Waals surface area contributed by atoms with Crippen LogP contribution < -0.4 is 0 Å². The first-order valence-corrected chi connectivity index (χ1v) is 33.6.